The maximum absolute atomic E-state index is 12.7. The molecule has 1 unspecified atom stereocenters. The SMILES string of the molecule is CCCn1c(CCC(=O)NC(CC)c2ccc(OC)cc2)nc2cc(S(N)(=O)=O)ccc21. The minimum absolute atomic E-state index is 0.0284. The summed E-state index contributed by atoms with van der Waals surface area (Å²) in [5.74, 6) is 1.46. The molecule has 3 rings (SSSR count). The van der Waals surface area contributed by atoms with Crippen molar-refractivity contribution >= 4 is 27.0 Å². The molecule has 0 saturated heterocycles. The molecule has 0 aliphatic carbocycles. The summed E-state index contributed by atoms with van der Waals surface area (Å²) in [5, 5.41) is 8.34. The zero-order valence-electron chi connectivity index (χ0n) is 18.7. The minimum Gasteiger partial charge on any atom is -0.497 e. The topological polar surface area (TPSA) is 116 Å². The van der Waals surface area contributed by atoms with Crippen molar-refractivity contribution in [3.8, 4) is 5.75 Å². The first-order chi connectivity index (χ1) is 15.3. The summed E-state index contributed by atoms with van der Waals surface area (Å²) in [6, 6.07) is 12.3. The van der Waals surface area contributed by atoms with E-state index in [9.17, 15) is 13.2 Å². The molecule has 1 atom stereocenters. The first-order valence-electron chi connectivity index (χ1n) is 10.7. The van der Waals surface area contributed by atoms with Crippen LogP contribution < -0.4 is 15.2 Å². The number of sulfonamides is 1. The second-order valence-electron chi connectivity index (χ2n) is 7.68. The highest BCUT2D eigenvalue weighted by Crippen LogP contribution is 2.23. The van der Waals surface area contributed by atoms with Crippen LogP contribution in [0.25, 0.3) is 11.0 Å². The van der Waals surface area contributed by atoms with E-state index < -0.39 is 10.0 Å². The molecule has 0 fully saturated rings. The number of amides is 1. The Kier molecular flexibility index (Phi) is 7.52. The summed E-state index contributed by atoms with van der Waals surface area (Å²) in [6.45, 7) is 4.81. The van der Waals surface area contributed by atoms with Crippen LogP contribution in [0, 0.1) is 0 Å². The largest absolute Gasteiger partial charge is 0.497 e. The van der Waals surface area contributed by atoms with E-state index in [1.54, 1.807) is 13.2 Å². The highest BCUT2D eigenvalue weighted by atomic mass is 32.2. The minimum atomic E-state index is -3.80. The van der Waals surface area contributed by atoms with Crippen molar-refractivity contribution in [2.45, 2.75) is 57.0 Å². The predicted octanol–water partition coefficient (Wildman–Crippen LogP) is 3.30. The first kappa shape index (κ1) is 23.7. The molecule has 2 aromatic carbocycles. The second-order valence-corrected chi connectivity index (χ2v) is 9.24. The summed E-state index contributed by atoms with van der Waals surface area (Å²) >= 11 is 0. The first-order valence-corrected chi connectivity index (χ1v) is 12.3. The van der Waals surface area contributed by atoms with E-state index in [1.807, 2.05) is 35.8 Å². The molecule has 3 aromatic rings. The number of rotatable bonds is 10. The average molecular weight is 459 g/mol. The Morgan fingerprint density at radius 3 is 2.50 bits per heavy atom. The Hall–Kier alpha value is -2.91. The maximum atomic E-state index is 12.7. The number of benzene rings is 2. The number of fused-ring (bicyclic) bond motifs is 1. The lowest BCUT2D eigenvalue weighted by Crippen LogP contribution is -2.28. The lowest BCUT2D eigenvalue weighted by atomic mass is 10.0. The molecule has 0 spiro atoms. The van der Waals surface area contributed by atoms with E-state index in [0.29, 0.717) is 11.9 Å². The quantitative estimate of drug-likeness (QED) is 0.483. The molecule has 8 nitrogen and oxygen atoms in total. The zero-order valence-corrected chi connectivity index (χ0v) is 19.5. The molecule has 0 saturated carbocycles. The molecule has 32 heavy (non-hydrogen) atoms. The summed E-state index contributed by atoms with van der Waals surface area (Å²) in [4.78, 5) is 17.3. The number of carbonyl (C=O) groups is 1. The number of nitrogens with zero attached hydrogens (tertiary/aromatic N) is 2. The normalized spacial score (nSPS) is 12.6. The van der Waals surface area contributed by atoms with E-state index >= 15 is 0 Å². The van der Waals surface area contributed by atoms with Crippen molar-refractivity contribution in [3.63, 3.8) is 0 Å². The second kappa shape index (κ2) is 10.1. The van der Waals surface area contributed by atoms with E-state index in [0.717, 1.165) is 42.0 Å². The maximum Gasteiger partial charge on any atom is 0.238 e. The van der Waals surface area contributed by atoms with Crippen molar-refractivity contribution < 1.29 is 17.9 Å². The lowest BCUT2D eigenvalue weighted by molar-refractivity contribution is -0.121. The fourth-order valence-corrected chi connectivity index (χ4v) is 4.28. The highest BCUT2D eigenvalue weighted by Gasteiger charge is 2.17. The van der Waals surface area contributed by atoms with Gasteiger partial charge in [-0.05, 0) is 48.7 Å². The fourth-order valence-electron chi connectivity index (χ4n) is 3.75. The average Bonchev–Trinajstić information content (AvgIpc) is 3.12. The smallest absolute Gasteiger partial charge is 0.238 e. The van der Waals surface area contributed by atoms with Crippen LogP contribution in [0.5, 0.6) is 5.75 Å². The van der Waals surface area contributed by atoms with Gasteiger partial charge in [0.05, 0.1) is 29.1 Å². The van der Waals surface area contributed by atoms with Gasteiger partial charge in [0.15, 0.2) is 0 Å². The van der Waals surface area contributed by atoms with Gasteiger partial charge in [0.2, 0.25) is 15.9 Å². The Balaban J connectivity index is 1.74. The predicted molar refractivity (Wildman–Crippen MR) is 124 cm³/mol. The van der Waals surface area contributed by atoms with Gasteiger partial charge in [-0.2, -0.15) is 0 Å². The van der Waals surface area contributed by atoms with Crippen LogP contribution in [0.15, 0.2) is 47.4 Å². The van der Waals surface area contributed by atoms with E-state index in [2.05, 4.69) is 17.2 Å². The van der Waals surface area contributed by atoms with Crippen LogP contribution in [0.4, 0.5) is 0 Å². The Bertz CT molecular complexity index is 1190. The standard InChI is InChI=1S/C23H30N4O4S/c1-4-14-27-21-11-10-18(32(24,29)30)15-20(21)25-22(27)12-13-23(28)26-19(5-2)16-6-8-17(31-3)9-7-16/h6-11,15,19H,4-5,12-14H2,1-3H3,(H,26,28)(H2,24,29,30). The van der Waals surface area contributed by atoms with Crippen molar-refractivity contribution in [1.29, 1.82) is 0 Å². The molecule has 0 bridgehead atoms. The van der Waals surface area contributed by atoms with E-state index in [4.69, 9.17) is 9.88 Å². The zero-order chi connectivity index (χ0) is 23.3. The molecule has 172 valence electrons. The molecule has 1 aromatic heterocycles. The number of nitrogens with one attached hydrogen (secondary N) is 1. The van der Waals surface area contributed by atoms with Gasteiger partial charge in [0.25, 0.3) is 0 Å². The van der Waals surface area contributed by atoms with Gasteiger partial charge in [-0.1, -0.05) is 26.0 Å². The van der Waals surface area contributed by atoms with Crippen LogP contribution in [0.2, 0.25) is 0 Å². The summed E-state index contributed by atoms with van der Waals surface area (Å²) < 4.78 is 30.6. The number of nitrogens with two attached hydrogens (primary N) is 1. The molecule has 9 heteroatoms. The molecule has 0 aliphatic rings. The Morgan fingerprint density at radius 2 is 1.91 bits per heavy atom. The number of carbonyl (C=O) groups excluding carboxylic acids is 1. The van der Waals surface area contributed by atoms with Crippen molar-refractivity contribution in [3.05, 3.63) is 53.9 Å². The fraction of sp³-hybridized carbons (Fsp3) is 0.391. The molecule has 0 aliphatic heterocycles. The Morgan fingerprint density at radius 1 is 1.19 bits per heavy atom. The van der Waals surface area contributed by atoms with Gasteiger partial charge in [-0.15, -0.1) is 0 Å². The van der Waals surface area contributed by atoms with Gasteiger partial charge in [-0.25, -0.2) is 18.5 Å². The molecular weight excluding hydrogens is 428 g/mol. The highest BCUT2D eigenvalue weighted by molar-refractivity contribution is 7.89. The van der Waals surface area contributed by atoms with Crippen molar-refractivity contribution in [2.24, 2.45) is 5.14 Å². The van der Waals surface area contributed by atoms with Crippen LogP contribution in [0.3, 0.4) is 0 Å². The van der Waals surface area contributed by atoms with Crippen LogP contribution in [-0.2, 0) is 27.8 Å². The van der Waals surface area contributed by atoms with Gasteiger partial charge >= 0.3 is 0 Å². The molecular formula is C23H30N4O4S. The molecule has 1 heterocycles. The lowest BCUT2D eigenvalue weighted by Gasteiger charge is -2.18. The molecule has 0 radical (unpaired) electrons. The number of hydrogen-bond acceptors (Lipinski definition) is 5. The Labute approximate surface area is 188 Å². The van der Waals surface area contributed by atoms with Crippen molar-refractivity contribution in [2.75, 3.05) is 7.11 Å². The van der Waals surface area contributed by atoms with Gasteiger partial charge in [0.1, 0.15) is 11.6 Å². The van der Waals surface area contributed by atoms with E-state index in [-0.39, 0.29) is 23.3 Å². The van der Waals surface area contributed by atoms with Crippen LogP contribution in [0.1, 0.15) is 50.5 Å². The third-order valence-electron chi connectivity index (χ3n) is 5.41. The third-order valence-corrected chi connectivity index (χ3v) is 6.32. The summed E-state index contributed by atoms with van der Waals surface area (Å²) in [5.41, 5.74) is 2.42. The molecule has 1 amide bonds. The number of aryl methyl sites for hydroxylation is 2. The van der Waals surface area contributed by atoms with Crippen molar-refractivity contribution in [1.82, 2.24) is 14.9 Å². The number of ether oxygens (including phenoxy) is 1. The molecule has 3 N–H and O–H groups in total. The summed E-state index contributed by atoms with van der Waals surface area (Å²) in [6.07, 6.45) is 2.38. The van der Waals surface area contributed by atoms with Gasteiger partial charge < -0.3 is 14.6 Å². The number of imidazole rings is 1. The third kappa shape index (κ3) is 5.46. The van der Waals surface area contributed by atoms with Crippen LogP contribution in [-0.4, -0.2) is 31.0 Å². The van der Waals surface area contributed by atoms with E-state index in [1.165, 1.54) is 12.1 Å². The van der Waals surface area contributed by atoms with Crippen LogP contribution >= 0.6 is 0 Å². The monoisotopic (exact) mass is 458 g/mol. The summed E-state index contributed by atoms with van der Waals surface area (Å²) in [7, 11) is -2.18. The number of methoxy groups -OCH3 is 1. The number of hydrogen-bond donors (Lipinski definition) is 2. The number of primary sulfonamides is 1. The van der Waals surface area contributed by atoms with Gasteiger partial charge in [0, 0.05) is 19.4 Å². The van der Waals surface area contributed by atoms with Gasteiger partial charge in [-0.3, -0.25) is 4.79 Å². The number of aromatic nitrogens is 2.